The molecule has 0 fully saturated rings. The molecule has 0 bridgehead atoms. The maximum absolute atomic E-state index is 13.8. The van der Waals surface area contributed by atoms with Gasteiger partial charge in [-0.25, -0.2) is 0 Å². The minimum absolute atomic E-state index is 0.169. The van der Waals surface area contributed by atoms with E-state index in [9.17, 15) is 14.4 Å². The number of pyridine rings is 1. The van der Waals surface area contributed by atoms with Crippen LogP contribution in [0.25, 0.3) is 16.8 Å². The van der Waals surface area contributed by atoms with Crippen LogP contribution in [-0.4, -0.2) is 65.8 Å². The number of rotatable bonds is 12. The lowest BCUT2D eigenvalue weighted by atomic mass is 9.95. The minimum atomic E-state index is -0.695. The minimum Gasteiger partial charge on any atom is -0.493 e. The molecule has 2 atom stereocenters. The molecule has 12 nitrogen and oxygen atoms in total. The highest BCUT2D eigenvalue weighted by atomic mass is 32.2. The second kappa shape index (κ2) is 14.5. The Morgan fingerprint density at radius 1 is 1.07 bits per heavy atom. The van der Waals surface area contributed by atoms with Crippen LogP contribution in [0.3, 0.4) is 0 Å². The van der Waals surface area contributed by atoms with Gasteiger partial charge in [-0.3, -0.25) is 18.8 Å². The van der Waals surface area contributed by atoms with Crippen molar-refractivity contribution in [3.63, 3.8) is 0 Å². The normalized spacial score (nSPS) is 14.3. The lowest BCUT2D eigenvalue weighted by Crippen LogP contribution is -2.40. The average Bonchev–Trinajstić information content (AvgIpc) is 3.33. The predicted molar refractivity (Wildman–Crippen MR) is 178 cm³/mol. The third-order valence-corrected chi connectivity index (χ3v) is 8.62. The molecule has 0 spiro atoms. The molecule has 2 unspecified atom stereocenters. The topological polar surface area (TPSA) is 145 Å². The van der Waals surface area contributed by atoms with E-state index in [0.717, 1.165) is 11.1 Å². The number of anilines is 1. The van der Waals surface area contributed by atoms with E-state index in [1.807, 2.05) is 47.2 Å². The first-order valence-corrected chi connectivity index (χ1v) is 16.3. The molecule has 46 heavy (non-hydrogen) atoms. The Morgan fingerprint density at radius 3 is 2.59 bits per heavy atom. The molecule has 13 heteroatoms. The standard InChI is InChI=1S/C33H38N6O6S/c1-19(40)35-23-11-9-20-16-27(43-2)31(44-3)32(45-4)30(20)21-10-12-24(26(41)17-22(21)23)36-25(13-15-46-5)33(42)34-18-29-38-37-28-8-6-7-14-39(28)29/h6-8,10,12,14,16-17,23,25H,9,11,13,15,18H2,1-5H3,(H,34,42)(H,35,40)(H,36,41). The monoisotopic (exact) mass is 646 g/mol. The van der Waals surface area contributed by atoms with Crippen LogP contribution in [0.4, 0.5) is 5.69 Å². The van der Waals surface area contributed by atoms with Gasteiger partial charge in [0.25, 0.3) is 0 Å². The molecule has 5 rings (SSSR count). The largest absolute Gasteiger partial charge is 0.493 e. The Balaban J connectivity index is 1.54. The maximum Gasteiger partial charge on any atom is 0.242 e. The fourth-order valence-corrected chi connectivity index (χ4v) is 6.29. The molecule has 2 aromatic heterocycles. The molecule has 1 aliphatic carbocycles. The first kappa shape index (κ1) is 32.6. The van der Waals surface area contributed by atoms with E-state index < -0.39 is 12.1 Å². The number of fused-ring (bicyclic) bond motifs is 4. The quantitative estimate of drug-likeness (QED) is 0.208. The Bertz CT molecular complexity index is 1810. The average molecular weight is 647 g/mol. The van der Waals surface area contributed by atoms with Crippen molar-refractivity contribution in [2.24, 2.45) is 0 Å². The Labute approximate surface area is 271 Å². The van der Waals surface area contributed by atoms with E-state index in [-0.39, 0.29) is 29.5 Å². The summed E-state index contributed by atoms with van der Waals surface area (Å²) in [6, 6.07) is 11.4. The van der Waals surface area contributed by atoms with E-state index in [4.69, 9.17) is 14.2 Å². The zero-order valence-electron chi connectivity index (χ0n) is 26.5. The highest BCUT2D eigenvalue weighted by Gasteiger charge is 2.30. The molecular formula is C33H38N6O6S. The van der Waals surface area contributed by atoms with Crippen LogP contribution >= 0.6 is 11.8 Å². The van der Waals surface area contributed by atoms with Gasteiger partial charge in [-0.05, 0) is 78.3 Å². The van der Waals surface area contributed by atoms with Gasteiger partial charge in [0.15, 0.2) is 23.0 Å². The van der Waals surface area contributed by atoms with Crippen molar-refractivity contribution in [3.8, 4) is 28.4 Å². The van der Waals surface area contributed by atoms with Crippen LogP contribution in [0, 0.1) is 0 Å². The van der Waals surface area contributed by atoms with Crippen LogP contribution in [0.5, 0.6) is 17.2 Å². The number of thioether (sulfide) groups is 1. The van der Waals surface area contributed by atoms with Gasteiger partial charge in [0.2, 0.25) is 23.0 Å². The number of carbonyl (C=O) groups excluding carboxylic acids is 2. The lowest BCUT2D eigenvalue weighted by Gasteiger charge is -2.19. The smallest absolute Gasteiger partial charge is 0.242 e. The molecule has 0 saturated heterocycles. The summed E-state index contributed by atoms with van der Waals surface area (Å²) in [5.74, 6) is 2.22. The number of hydrogen-bond donors (Lipinski definition) is 3. The summed E-state index contributed by atoms with van der Waals surface area (Å²) in [7, 11) is 4.66. The second-order valence-corrected chi connectivity index (χ2v) is 11.8. The number of benzene rings is 1. The zero-order chi connectivity index (χ0) is 32.8. The van der Waals surface area contributed by atoms with Gasteiger partial charge < -0.3 is 30.2 Å². The summed E-state index contributed by atoms with van der Waals surface area (Å²) in [6.07, 6.45) is 5.41. The number of methoxy groups -OCH3 is 3. The van der Waals surface area contributed by atoms with E-state index in [1.165, 1.54) is 13.0 Å². The Kier molecular flexibility index (Phi) is 10.3. The summed E-state index contributed by atoms with van der Waals surface area (Å²) in [6.45, 7) is 1.62. The first-order valence-electron chi connectivity index (χ1n) is 14.9. The molecule has 3 N–H and O–H groups in total. The molecular weight excluding hydrogens is 608 g/mol. The Morgan fingerprint density at radius 2 is 1.87 bits per heavy atom. The summed E-state index contributed by atoms with van der Waals surface area (Å²) < 4.78 is 19.0. The molecule has 0 radical (unpaired) electrons. The van der Waals surface area contributed by atoms with Crippen LogP contribution in [0.2, 0.25) is 0 Å². The predicted octanol–water partition coefficient (Wildman–Crippen LogP) is 3.76. The number of nitrogens with one attached hydrogen (secondary N) is 3. The van der Waals surface area contributed by atoms with Gasteiger partial charge in [0.1, 0.15) is 6.04 Å². The van der Waals surface area contributed by atoms with Crippen molar-refractivity contribution < 1.29 is 23.8 Å². The lowest BCUT2D eigenvalue weighted by molar-refractivity contribution is -0.122. The van der Waals surface area contributed by atoms with Gasteiger partial charge in [-0.1, -0.05) is 12.1 Å². The van der Waals surface area contributed by atoms with E-state index in [2.05, 4.69) is 26.1 Å². The number of ether oxygens (including phenoxy) is 3. The van der Waals surface area contributed by atoms with Crippen molar-refractivity contribution in [2.75, 3.05) is 38.7 Å². The number of nitrogens with zero attached hydrogens (tertiary/aromatic N) is 3. The van der Waals surface area contributed by atoms with Gasteiger partial charge >= 0.3 is 0 Å². The number of hydrogen-bond acceptors (Lipinski definition) is 10. The molecule has 0 saturated carbocycles. The molecule has 242 valence electrons. The zero-order valence-corrected chi connectivity index (χ0v) is 27.3. The van der Waals surface area contributed by atoms with Gasteiger partial charge in [0.05, 0.1) is 39.6 Å². The van der Waals surface area contributed by atoms with E-state index in [1.54, 1.807) is 39.2 Å². The summed E-state index contributed by atoms with van der Waals surface area (Å²) >= 11 is 1.61. The van der Waals surface area contributed by atoms with Crippen molar-refractivity contribution >= 4 is 34.9 Å². The molecule has 2 amide bonds. The number of aromatic nitrogens is 3. The first-order chi connectivity index (χ1) is 22.3. The van der Waals surface area contributed by atoms with Crippen LogP contribution in [0.15, 0.2) is 53.5 Å². The van der Waals surface area contributed by atoms with Gasteiger partial charge in [-0.2, -0.15) is 11.8 Å². The molecule has 2 aromatic carbocycles. The van der Waals surface area contributed by atoms with Crippen molar-refractivity contribution in [1.82, 2.24) is 25.2 Å². The van der Waals surface area contributed by atoms with Crippen molar-refractivity contribution in [1.29, 1.82) is 0 Å². The van der Waals surface area contributed by atoms with Gasteiger partial charge in [-0.15, -0.1) is 10.2 Å². The molecule has 2 heterocycles. The number of carbonyl (C=O) groups is 2. The summed E-state index contributed by atoms with van der Waals surface area (Å²) in [4.78, 5) is 39.6. The van der Waals surface area contributed by atoms with E-state index in [0.29, 0.717) is 64.9 Å². The van der Waals surface area contributed by atoms with Crippen LogP contribution in [0.1, 0.15) is 42.8 Å². The number of aryl methyl sites for hydroxylation is 1. The highest BCUT2D eigenvalue weighted by Crippen LogP contribution is 2.50. The summed E-state index contributed by atoms with van der Waals surface area (Å²) in [5, 5.41) is 17.5. The van der Waals surface area contributed by atoms with Gasteiger partial charge in [0, 0.05) is 18.7 Å². The van der Waals surface area contributed by atoms with Crippen molar-refractivity contribution in [3.05, 3.63) is 75.8 Å². The van der Waals surface area contributed by atoms with Crippen LogP contribution in [-0.2, 0) is 22.6 Å². The van der Waals surface area contributed by atoms with Crippen LogP contribution < -0.4 is 35.6 Å². The third kappa shape index (κ3) is 6.74. The number of amides is 2. The highest BCUT2D eigenvalue weighted by molar-refractivity contribution is 7.98. The Hall–Kier alpha value is -4.78. The van der Waals surface area contributed by atoms with E-state index >= 15 is 0 Å². The second-order valence-electron chi connectivity index (χ2n) is 10.8. The fourth-order valence-electron chi connectivity index (χ4n) is 5.82. The molecule has 4 aromatic rings. The van der Waals surface area contributed by atoms with Crippen molar-refractivity contribution in [2.45, 2.75) is 44.8 Å². The fraction of sp³-hybridized carbons (Fsp3) is 0.364. The molecule has 1 aliphatic rings. The molecule has 0 aliphatic heterocycles. The third-order valence-electron chi connectivity index (χ3n) is 7.98. The SMILES string of the molecule is COc1cc2c(c(OC)c1OC)-c1ccc(NC(CCSC)C(=O)NCc3nnc4ccccn34)c(=O)cc1C(NC(C)=O)CC2. The maximum atomic E-state index is 13.8. The summed E-state index contributed by atoms with van der Waals surface area (Å²) in [5.41, 5.74) is 3.65.